The van der Waals surface area contributed by atoms with Crippen molar-refractivity contribution in [2.24, 2.45) is 0 Å². The number of ether oxygens (including phenoxy) is 5. The van der Waals surface area contributed by atoms with E-state index in [9.17, 15) is 50.8 Å². The fourth-order valence-electron chi connectivity index (χ4n) is 4.40. The fraction of sp³-hybridized carbons (Fsp3) is 0.950. The number of carbonyl (C=O) groups excluding carboxylic acids is 1. The van der Waals surface area contributed by atoms with E-state index in [2.05, 4.69) is 5.32 Å². The van der Waals surface area contributed by atoms with Crippen molar-refractivity contribution in [2.45, 2.75) is 106 Å². The van der Waals surface area contributed by atoms with Gasteiger partial charge in [0.05, 0.1) is 19.3 Å². The molecule has 0 aromatic heterocycles. The fourth-order valence-corrected chi connectivity index (χ4v) is 4.40. The predicted octanol–water partition coefficient (Wildman–Crippen LogP) is -6.40. The molecular weight excluding hydrogens is 494 g/mol. The quantitative estimate of drug-likeness (QED) is 0.147. The summed E-state index contributed by atoms with van der Waals surface area (Å²) in [5.41, 5.74) is 0. The number of hydrogen-bond acceptors (Lipinski definition) is 15. The summed E-state index contributed by atoms with van der Waals surface area (Å²) in [4.78, 5) is 11.8. The molecule has 3 fully saturated rings. The number of aliphatic hydroxyl groups is 9. The topological polar surface area (TPSA) is 257 Å². The number of rotatable bonds is 7. The summed E-state index contributed by atoms with van der Waals surface area (Å²) in [5.74, 6) is -0.646. The summed E-state index contributed by atoms with van der Waals surface area (Å²) in [5, 5.41) is 93.2. The highest BCUT2D eigenvalue weighted by Crippen LogP contribution is 2.32. The summed E-state index contributed by atoms with van der Waals surface area (Å²) in [6, 6.07) is -1.42. The van der Waals surface area contributed by atoms with Crippen molar-refractivity contribution in [1.82, 2.24) is 5.32 Å². The largest absolute Gasteiger partial charge is 0.394 e. The Balaban J connectivity index is 1.92. The van der Waals surface area contributed by atoms with Crippen LogP contribution in [-0.4, -0.2) is 157 Å². The van der Waals surface area contributed by atoms with Crippen molar-refractivity contribution in [3.05, 3.63) is 0 Å². The molecule has 36 heavy (non-hydrogen) atoms. The molecule has 3 rings (SSSR count). The molecule has 3 aliphatic heterocycles. The number of amides is 1. The SMILES string of the molecule is CC(=O)N[C@H]1[C@H](O[C@H]2O[C@@H](CO)[C@H](O)[C@@H](O)[C@@H]2O)[C@@H](O[C@H]2O[C@@H](C)[C@H](O)[C@@H](O)[C@@H]2O)[C@H](CO)O[C@@H]1O. The van der Waals surface area contributed by atoms with Crippen LogP contribution in [0.3, 0.4) is 0 Å². The van der Waals surface area contributed by atoms with Crippen molar-refractivity contribution >= 4 is 5.91 Å². The van der Waals surface area contributed by atoms with E-state index in [0.717, 1.165) is 6.92 Å². The number of aliphatic hydroxyl groups excluding tert-OH is 9. The minimum absolute atomic E-state index is 0.646. The lowest BCUT2D eigenvalue weighted by Crippen LogP contribution is -2.69. The molecule has 3 aliphatic rings. The maximum absolute atomic E-state index is 11.8. The third-order valence-corrected chi connectivity index (χ3v) is 6.45. The van der Waals surface area contributed by atoms with Crippen LogP contribution in [0.5, 0.6) is 0 Å². The van der Waals surface area contributed by atoms with Crippen LogP contribution in [0.1, 0.15) is 13.8 Å². The van der Waals surface area contributed by atoms with Gasteiger partial charge in [0, 0.05) is 6.92 Å². The average molecular weight is 529 g/mol. The van der Waals surface area contributed by atoms with Gasteiger partial charge in [-0.05, 0) is 6.92 Å². The van der Waals surface area contributed by atoms with Gasteiger partial charge in [0.25, 0.3) is 0 Å². The molecular formula is C20H35NO15. The summed E-state index contributed by atoms with van der Waals surface area (Å²) in [6.07, 6.45) is -22.0. The highest BCUT2D eigenvalue weighted by molar-refractivity contribution is 5.73. The van der Waals surface area contributed by atoms with Crippen LogP contribution >= 0.6 is 0 Å². The minimum atomic E-state index is -1.86. The first-order chi connectivity index (χ1) is 16.9. The summed E-state index contributed by atoms with van der Waals surface area (Å²) in [6.45, 7) is 1.00. The third kappa shape index (κ3) is 5.97. The maximum atomic E-state index is 11.8. The van der Waals surface area contributed by atoms with Crippen molar-refractivity contribution < 1.29 is 74.4 Å². The Hall–Kier alpha value is -1.09. The van der Waals surface area contributed by atoms with Crippen LogP contribution in [-0.2, 0) is 28.5 Å². The molecule has 1 amide bonds. The molecule has 3 saturated heterocycles. The molecule has 0 aromatic rings. The van der Waals surface area contributed by atoms with E-state index in [4.69, 9.17) is 23.7 Å². The average Bonchev–Trinajstić information content (AvgIpc) is 2.84. The standard InChI is InChI=1S/C20H35NO15/c1-5-10(25)12(27)14(29)19(32-5)35-16-8(4-23)33-18(31)9(21-6(2)24)17(16)36-20-15(30)13(28)11(26)7(3-22)34-20/h5,7-20,22-23,25-31H,3-4H2,1-2H3,(H,21,24)/t5-,7-,8-,9-,10-,11-,12+,13+,14-,15-,16-,17-,18-,19+,20+/m0/s1. The van der Waals surface area contributed by atoms with Crippen molar-refractivity contribution in [3.8, 4) is 0 Å². The van der Waals surface area contributed by atoms with Gasteiger partial charge >= 0.3 is 0 Å². The molecule has 3 heterocycles. The molecule has 0 unspecified atom stereocenters. The van der Waals surface area contributed by atoms with Crippen LogP contribution in [0.15, 0.2) is 0 Å². The van der Waals surface area contributed by atoms with Gasteiger partial charge in [0.2, 0.25) is 5.91 Å². The van der Waals surface area contributed by atoms with Crippen LogP contribution < -0.4 is 5.32 Å². The Labute approximate surface area is 205 Å². The monoisotopic (exact) mass is 529 g/mol. The second-order valence-electron chi connectivity index (χ2n) is 9.05. The highest BCUT2D eigenvalue weighted by Gasteiger charge is 2.54. The highest BCUT2D eigenvalue weighted by atomic mass is 16.7. The van der Waals surface area contributed by atoms with E-state index >= 15 is 0 Å². The van der Waals surface area contributed by atoms with E-state index in [1.807, 2.05) is 0 Å². The molecule has 16 heteroatoms. The zero-order valence-electron chi connectivity index (χ0n) is 19.5. The van der Waals surface area contributed by atoms with Gasteiger partial charge < -0.3 is 75.0 Å². The number of hydrogen-bond donors (Lipinski definition) is 10. The van der Waals surface area contributed by atoms with Gasteiger partial charge in [-0.25, -0.2) is 0 Å². The number of carbonyl (C=O) groups is 1. The second-order valence-corrected chi connectivity index (χ2v) is 9.05. The molecule has 15 atom stereocenters. The first kappa shape index (κ1) is 29.5. The van der Waals surface area contributed by atoms with Gasteiger partial charge in [0.1, 0.15) is 67.1 Å². The van der Waals surface area contributed by atoms with Gasteiger partial charge in [-0.1, -0.05) is 0 Å². The maximum Gasteiger partial charge on any atom is 0.217 e. The molecule has 16 nitrogen and oxygen atoms in total. The molecule has 10 N–H and O–H groups in total. The smallest absolute Gasteiger partial charge is 0.217 e. The Morgan fingerprint density at radius 3 is 1.81 bits per heavy atom. The van der Waals surface area contributed by atoms with Crippen LogP contribution in [0.2, 0.25) is 0 Å². The van der Waals surface area contributed by atoms with E-state index < -0.39 is 111 Å². The van der Waals surface area contributed by atoms with E-state index in [1.54, 1.807) is 0 Å². The van der Waals surface area contributed by atoms with Crippen LogP contribution in [0, 0.1) is 0 Å². The van der Waals surface area contributed by atoms with Gasteiger partial charge in [0.15, 0.2) is 18.9 Å². The van der Waals surface area contributed by atoms with Crippen LogP contribution in [0.25, 0.3) is 0 Å². The first-order valence-electron chi connectivity index (χ1n) is 11.4. The molecule has 0 spiro atoms. The van der Waals surface area contributed by atoms with Crippen LogP contribution in [0.4, 0.5) is 0 Å². The predicted molar refractivity (Wildman–Crippen MR) is 111 cm³/mol. The van der Waals surface area contributed by atoms with Gasteiger partial charge in [-0.3, -0.25) is 4.79 Å². The first-order valence-corrected chi connectivity index (χ1v) is 11.4. The molecule has 0 aromatic carbocycles. The second kappa shape index (κ2) is 12.2. The van der Waals surface area contributed by atoms with E-state index in [-0.39, 0.29) is 0 Å². The van der Waals surface area contributed by atoms with E-state index in [1.165, 1.54) is 6.92 Å². The Morgan fingerprint density at radius 2 is 1.25 bits per heavy atom. The third-order valence-electron chi connectivity index (χ3n) is 6.45. The Morgan fingerprint density at radius 1 is 0.722 bits per heavy atom. The summed E-state index contributed by atoms with van der Waals surface area (Å²) >= 11 is 0. The van der Waals surface area contributed by atoms with Crippen molar-refractivity contribution in [2.75, 3.05) is 13.2 Å². The molecule has 0 radical (unpaired) electrons. The zero-order valence-corrected chi connectivity index (χ0v) is 19.5. The zero-order chi connectivity index (χ0) is 26.9. The summed E-state index contributed by atoms with van der Waals surface area (Å²) < 4.78 is 27.7. The van der Waals surface area contributed by atoms with E-state index in [0.29, 0.717) is 0 Å². The van der Waals surface area contributed by atoms with Gasteiger partial charge in [-0.2, -0.15) is 0 Å². The molecule has 0 saturated carbocycles. The molecule has 0 aliphatic carbocycles. The lowest BCUT2D eigenvalue weighted by molar-refractivity contribution is -0.370. The van der Waals surface area contributed by atoms with Gasteiger partial charge in [-0.15, -0.1) is 0 Å². The van der Waals surface area contributed by atoms with Crippen molar-refractivity contribution in [3.63, 3.8) is 0 Å². The normalized spacial score (nSPS) is 50.0. The Bertz CT molecular complexity index is 729. The summed E-state index contributed by atoms with van der Waals surface area (Å²) in [7, 11) is 0. The lowest BCUT2D eigenvalue weighted by atomic mass is 9.94. The lowest BCUT2D eigenvalue weighted by Gasteiger charge is -2.49. The van der Waals surface area contributed by atoms with Crippen molar-refractivity contribution in [1.29, 1.82) is 0 Å². The molecule has 0 bridgehead atoms. The minimum Gasteiger partial charge on any atom is -0.394 e. The number of nitrogens with one attached hydrogen (secondary N) is 1. The Kier molecular flexibility index (Phi) is 9.97. The molecule has 210 valence electrons.